The average Bonchev–Trinajstić information content (AvgIpc) is 2.95. The quantitative estimate of drug-likeness (QED) is 0.295. The van der Waals surface area contributed by atoms with E-state index in [0.717, 1.165) is 36.2 Å². The molecular weight excluding hydrogens is 421 g/mol. The van der Waals surface area contributed by atoms with Gasteiger partial charge in [-0.05, 0) is 18.6 Å². The number of benzene rings is 1. The summed E-state index contributed by atoms with van der Waals surface area (Å²) in [4.78, 5) is 11.0. The number of guanidine groups is 1. The van der Waals surface area contributed by atoms with E-state index in [9.17, 15) is 0 Å². The van der Waals surface area contributed by atoms with Gasteiger partial charge in [-0.15, -0.1) is 24.0 Å². The Bertz CT molecular complexity index is 580. The molecule has 1 aromatic carbocycles. The number of para-hydroxylation sites is 1. The number of nitrogens with zero attached hydrogens (tertiary/aromatic N) is 3. The van der Waals surface area contributed by atoms with Gasteiger partial charge in [0.2, 0.25) is 0 Å². The number of nitrogens with one attached hydrogen (secondary N) is 2. The molecule has 128 valence electrons. The van der Waals surface area contributed by atoms with E-state index < -0.39 is 0 Å². The molecule has 0 atom stereocenters. The third-order valence-corrected chi connectivity index (χ3v) is 4.39. The summed E-state index contributed by atoms with van der Waals surface area (Å²) in [5, 5.41) is 7.71. The van der Waals surface area contributed by atoms with Gasteiger partial charge in [0.1, 0.15) is 0 Å². The first kappa shape index (κ1) is 20.0. The van der Waals surface area contributed by atoms with Crippen LogP contribution >= 0.6 is 35.3 Å². The average molecular weight is 447 g/mol. The van der Waals surface area contributed by atoms with E-state index in [0.29, 0.717) is 0 Å². The first-order valence-corrected chi connectivity index (χ1v) is 8.57. The molecule has 0 saturated carbocycles. The zero-order chi connectivity index (χ0) is 15.8. The normalized spacial score (nSPS) is 11.2. The van der Waals surface area contributed by atoms with E-state index in [1.807, 2.05) is 25.2 Å². The fourth-order valence-electron chi connectivity index (χ4n) is 2.18. The second-order valence-corrected chi connectivity index (χ2v) is 6.19. The highest BCUT2D eigenvalue weighted by Crippen LogP contribution is 2.24. The van der Waals surface area contributed by atoms with E-state index in [2.05, 4.69) is 45.5 Å². The van der Waals surface area contributed by atoms with Crippen LogP contribution in [-0.4, -0.2) is 49.6 Å². The standard InChI is InChI=1S/C16H25N5S.HI/c1-4-5-12-21(3)15(17-2)18-10-11-19-16-20-13-8-6-7-9-14(13)22-16;/h6-9H,4-5,10-12H2,1-3H3,(H,17,18)(H,19,20);1H. The van der Waals surface area contributed by atoms with Crippen molar-refractivity contribution >= 4 is 56.6 Å². The zero-order valence-corrected chi connectivity index (χ0v) is 17.1. The third-order valence-electron chi connectivity index (χ3n) is 3.40. The fraction of sp³-hybridized carbons (Fsp3) is 0.500. The van der Waals surface area contributed by atoms with Gasteiger partial charge in [-0.2, -0.15) is 0 Å². The summed E-state index contributed by atoms with van der Waals surface area (Å²) in [6, 6.07) is 8.20. The van der Waals surface area contributed by atoms with E-state index in [-0.39, 0.29) is 24.0 Å². The molecule has 1 aromatic heterocycles. The number of hydrogen-bond acceptors (Lipinski definition) is 4. The first-order chi connectivity index (χ1) is 10.7. The van der Waals surface area contributed by atoms with Gasteiger partial charge in [0, 0.05) is 33.7 Å². The van der Waals surface area contributed by atoms with Crippen molar-refractivity contribution in [2.75, 3.05) is 39.0 Å². The minimum atomic E-state index is 0. The van der Waals surface area contributed by atoms with E-state index in [4.69, 9.17) is 0 Å². The molecule has 0 aliphatic carbocycles. The molecule has 23 heavy (non-hydrogen) atoms. The van der Waals surface area contributed by atoms with E-state index >= 15 is 0 Å². The Morgan fingerprint density at radius 3 is 2.78 bits per heavy atom. The Morgan fingerprint density at radius 1 is 1.30 bits per heavy atom. The van der Waals surface area contributed by atoms with Crippen LogP contribution in [0.3, 0.4) is 0 Å². The van der Waals surface area contributed by atoms with Crippen LogP contribution in [0.25, 0.3) is 10.2 Å². The molecule has 2 N–H and O–H groups in total. The van der Waals surface area contributed by atoms with Crippen LogP contribution < -0.4 is 10.6 Å². The van der Waals surface area contributed by atoms with E-state index in [1.54, 1.807) is 11.3 Å². The first-order valence-electron chi connectivity index (χ1n) is 7.75. The molecule has 0 saturated heterocycles. The molecule has 0 radical (unpaired) electrons. The number of aromatic nitrogens is 1. The van der Waals surface area contributed by atoms with Gasteiger partial charge < -0.3 is 15.5 Å². The predicted molar refractivity (Wildman–Crippen MR) is 112 cm³/mol. The van der Waals surface area contributed by atoms with Gasteiger partial charge >= 0.3 is 0 Å². The van der Waals surface area contributed by atoms with Crippen molar-refractivity contribution in [2.45, 2.75) is 19.8 Å². The Balaban J connectivity index is 0.00000264. The Kier molecular flexibility index (Phi) is 9.23. The summed E-state index contributed by atoms with van der Waals surface area (Å²) < 4.78 is 1.22. The van der Waals surface area contributed by atoms with Crippen molar-refractivity contribution in [3.8, 4) is 0 Å². The lowest BCUT2D eigenvalue weighted by atomic mass is 10.3. The number of thiazole rings is 1. The SMILES string of the molecule is CCCCN(C)C(=NC)NCCNc1nc2ccccc2s1.I. The molecule has 0 aliphatic rings. The second kappa shape index (κ2) is 10.6. The monoisotopic (exact) mass is 447 g/mol. The summed E-state index contributed by atoms with van der Waals surface area (Å²) >= 11 is 1.69. The smallest absolute Gasteiger partial charge is 0.193 e. The van der Waals surface area contributed by atoms with Crippen molar-refractivity contribution in [2.24, 2.45) is 4.99 Å². The van der Waals surface area contributed by atoms with Crippen LogP contribution in [-0.2, 0) is 0 Å². The molecule has 2 aromatic rings. The summed E-state index contributed by atoms with van der Waals surface area (Å²) in [5.74, 6) is 0.944. The summed E-state index contributed by atoms with van der Waals surface area (Å²) in [5.41, 5.74) is 1.05. The predicted octanol–water partition coefficient (Wildman–Crippen LogP) is 3.63. The summed E-state index contributed by atoms with van der Waals surface area (Å²) in [6.45, 7) is 4.87. The topological polar surface area (TPSA) is 52.5 Å². The molecule has 0 spiro atoms. The van der Waals surface area contributed by atoms with Crippen LogP contribution in [0.2, 0.25) is 0 Å². The summed E-state index contributed by atoms with van der Waals surface area (Å²) in [7, 11) is 3.90. The summed E-state index contributed by atoms with van der Waals surface area (Å²) in [6.07, 6.45) is 2.38. The third kappa shape index (κ3) is 6.14. The van der Waals surface area contributed by atoms with Gasteiger partial charge in [0.25, 0.3) is 0 Å². The van der Waals surface area contributed by atoms with E-state index in [1.165, 1.54) is 17.5 Å². The van der Waals surface area contributed by atoms with Gasteiger partial charge in [-0.3, -0.25) is 4.99 Å². The maximum atomic E-state index is 4.56. The highest BCUT2D eigenvalue weighted by Gasteiger charge is 2.05. The molecule has 0 unspecified atom stereocenters. The molecule has 0 amide bonds. The van der Waals surface area contributed by atoms with Crippen molar-refractivity contribution in [3.63, 3.8) is 0 Å². The largest absolute Gasteiger partial charge is 0.360 e. The lowest BCUT2D eigenvalue weighted by Gasteiger charge is -2.21. The molecule has 0 bridgehead atoms. The zero-order valence-electron chi connectivity index (χ0n) is 14.0. The maximum absolute atomic E-state index is 4.56. The van der Waals surface area contributed by atoms with Crippen molar-refractivity contribution in [3.05, 3.63) is 24.3 Å². The number of hydrogen-bond donors (Lipinski definition) is 2. The number of unbranched alkanes of at least 4 members (excludes halogenated alkanes) is 1. The Morgan fingerprint density at radius 2 is 2.09 bits per heavy atom. The number of halogens is 1. The van der Waals surface area contributed by atoms with Crippen LogP contribution in [0.15, 0.2) is 29.3 Å². The Hall–Kier alpha value is -1.09. The van der Waals surface area contributed by atoms with Crippen molar-refractivity contribution in [1.29, 1.82) is 0 Å². The molecule has 5 nitrogen and oxygen atoms in total. The van der Waals surface area contributed by atoms with Crippen molar-refractivity contribution < 1.29 is 0 Å². The molecule has 7 heteroatoms. The van der Waals surface area contributed by atoms with Gasteiger partial charge in [-0.25, -0.2) is 4.98 Å². The van der Waals surface area contributed by atoms with Crippen LogP contribution in [0.5, 0.6) is 0 Å². The minimum Gasteiger partial charge on any atom is -0.360 e. The van der Waals surface area contributed by atoms with Gasteiger partial charge in [0.15, 0.2) is 11.1 Å². The molecule has 0 aliphatic heterocycles. The number of fused-ring (bicyclic) bond motifs is 1. The molecular formula is C16H26IN5S. The van der Waals surface area contributed by atoms with Crippen molar-refractivity contribution in [1.82, 2.24) is 15.2 Å². The number of anilines is 1. The highest BCUT2D eigenvalue weighted by molar-refractivity contribution is 14.0. The molecule has 0 fully saturated rings. The fourth-order valence-corrected chi connectivity index (χ4v) is 3.07. The number of rotatable bonds is 7. The van der Waals surface area contributed by atoms with Gasteiger partial charge in [-0.1, -0.05) is 36.8 Å². The van der Waals surface area contributed by atoms with Crippen LogP contribution in [0.1, 0.15) is 19.8 Å². The second-order valence-electron chi connectivity index (χ2n) is 5.16. The van der Waals surface area contributed by atoms with Crippen LogP contribution in [0, 0.1) is 0 Å². The molecule has 2 rings (SSSR count). The van der Waals surface area contributed by atoms with Crippen LogP contribution in [0.4, 0.5) is 5.13 Å². The number of aliphatic imine (C=N–C) groups is 1. The lowest BCUT2D eigenvalue weighted by molar-refractivity contribution is 0.466. The van der Waals surface area contributed by atoms with Gasteiger partial charge in [0.05, 0.1) is 10.2 Å². The highest BCUT2D eigenvalue weighted by atomic mass is 127. The maximum Gasteiger partial charge on any atom is 0.193 e. The Labute approximate surface area is 159 Å². The minimum absolute atomic E-state index is 0. The molecule has 1 heterocycles. The lowest BCUT2D eigenvalue weighted by Crippen LogP contribution is -2.41.